The summed E-state index contributed by atoms with van der Waals surface area (Å²) in [6.45, 7) is 5.16. The minimum absolute atomic E-state index is 0. The second kappa shape index (κ2) is 13.0. The summed E-state index contributed by atoms with van der Waals surface area (Å²) in [5.41, 5.74) is 1.16. The molecule has 0 spiro atoms. The SMILES string of the molecule is CN=C(NCCCOc1ccccc1C)NC1CCN(C(=O)C2CCCCC2)C1.I. The third-order valence-electron chi connectivity index (χ3n) is 5.98. The van der Waals surface area contributed by atoms with E-state index in [9.17, 15) is 4.79 Å². The van der Waals surface area contributed by atoms with Crippen LogP contribution in [0, 0.1) is 12.8 Å². The fraction of sp³-hybridized carbons (Fsp3) is 0.652. The van der Waals surface area contributed by atoms with Crippen molar-refractivity contribution >= 4 is 35.8 Å². The summed E-state index contributed by atoms with van der Waals surface area (Å²) in [7, 11) is 1.79. The van der Waals surface area contributed by atoms with Crippen molar-refractivity contribution in [2.75, 3.05) is 33.3 Å². The maximum Gasteiger partial charge on any atom is 0.225 e. The number of hydrogen-bond acceptors (Lipinski definition) is 3. The summed E-state index contributed by atoms with van der Waals surface area (Å²) < 4.78 is 5.84. The molecule has 1 aromatic carbocycles. The average Bonchev–Trinajstić information content (AvgIpc) is 3.22. The second-order valence-electron chi connectivity index (χ2n) is 8.22. The average molecular weight is 528 g/mol. The van der Waals surface area contributed by atoms with Crippen molar-refractivity contribution in [3.05, 3.63) is 29.8 Å². The predicted molar refractivity (Wildman–Crippen MR) is 133 cm³/mol. The zero-order valence-electron chi connectivity index (χ0n) is 18.4. The highest BCUT2D eigenvalue weighted by Crippen LogP contribution is 2.26. The van der Waals surface area contributed by atoms with E-state index in [1.54, 1.807) is 7.05 Å². The van der Waals surface area contributed by atoms with Crippen LogP contribution in [0.4, 0.5) is 0 Å². The third kappa shape index (κ3) is 7.32. The van der Waals surface area contributed by atoms with Crippen molar-refractivity contribution in [2.24, 2.45) is 10.9 Å². The van der Waals surface area contributed by atoms with Gasteiger partial charge in [-0.15, -0.1) is 24.0 Å². The van der Waals surface area contributed by atoms with Gasteiger partial charge >= 0.3 is 0 Å². The van der Waals surface area contributed by atoms with Crippen LogP contribution in [0.2, 0.25) is 0 Å². The lowest BCUT2D eigenvalue weighted by atomic mass is 9.88. The number of carbonyl (C=O) groups is 1. The molecular weight excluding hydrogens is 491 g/mol. The first-order valence-electron chi connectivity index (χ1n) is 11.1. The Kier molecular flexibility index (Phi) is 10.7. The maximum absolute atomic E-state index is 12.7. The number of amides is 1. The van der Waals surface area contributed by atoms with Crippen molar-refractivity contribution in [1.29, 1.82) is 0 Å². The molecule has 0 bridgehead atoms. The minimum atomic E-state index is 0. The number of guanidine groups is 1. The zero-order chi connectivity index (χ0) is 20.5. The van der Waals surface area contributed by atoms with Crippen molar-refractivity contribution in [2.45, 2.75) is 57.9 Å². The van der Waals surface area contributed by atoms with Gasteiger partial charge in [-0.1, -0.05) is 37.5 Å². The molecule has 1 unspecified atom stereocenters. The van der Waals surface area contributed by atoms with Crippen LogP contribution in [0.1, 0.15) is 50.5 Å². The number of carbonyl (C=O) groups excluding carboxylic acids is 1. The molecular formula is C23H37IN4O2. The van der Waals surface area contributed by atoms with Gasteiger partial charge < -0.3 is 20.3 Å². The minimum Gasteiger partial charge on any atom is -0.493 e. The quantitative estimate of drug-likeness (QED) is 0.245. The number of halogens is 1. The Morgan fingerprint density at radius 1 is 1.20 bits per heavy atom. The van der Waals surface area contributed by atoms with Gasteiger partial charge in [0.25, 0.3) is 0 Å². The highest BCUT2D eigenvalue weighted by Gasteiger charge is 2.31. The highest BCUT2D eigenvalue weighted by atomic mass is 127. The number of aliphatic imine (C=N–C) groups is 1. The van der Waals surface area contributed by atoms with E-state index in [1.165, 1.54) is 19.3 Å². The predicted octanol–water partition coefficient (Wildman–Crippen LogP) is 3.73. The van der Waals surface area contributed by atoms with E-state index in [0.29, 0.717) is 12.5 Å². The van der Waals surface area contributed by atoms with Gasteiger partial charge in [-0.05, 0) is 44.2 Å². The van der Waals surface area contributed by atoms with E-state index in [0.717, 1.165) is 62.6 Å². The van der Waals surface area contributed by atoms with Crippen molar-refractivity contribution in [3.8, 4) is 5.75 Å². The molecule has 1 heterocycles. The van der Waals surface area contributed by atoms with Crippen LogP contribution in [0.15, 0.2) is 29.3 Å². The van der Waals surface area contributed by atoms with Crippen molar-refractivity contribution in [3.63, 3.8) is 0 Å². The first-order valence-corrected chi connectivity index (χ1v) is 11.1. The summed E-state index contributed by atoms with van der Waals surface area (Å²) in [5, 5.41) is 6.84. The number of para-hydroxylation sites is 1. The molecule has 3 rings (SSSR count). The maximum atomic E-state index is 12.7. The molecule has 1 amide bonds. The van der Waals surface area contributed by atoms with Crippen molar-refractivity contribution < 1.29 is 9.53 Å². The van der Waals surface area contributed by atoms with Crippen LogP contribution in [0.5, 0.6) is 5.75 Å². The fourth-order valence-electron chi connectivity index (χ4n) is 4.25. The topological polar surface area (TPSA) is 66.0 Å². The molecule has 0 radical (unpaired) electrons. The van der Waals surface area contributed by atoms with Gasteiger partial charge in [-0.3, -0.25) is 9.79 Å². The molecule has 1 saturated carbocycles. The van der Waals surface area contributed by atoms with Gasteiger partial charge in [0.2, 0.25) is 5.91 Å². The molecule has 1 aliphatic heterocycles. The molecule has 1 aromatic rings. The summed E-state index contributed by atoms with van der Waals surface area (Å²) in [6, 6.07) is 8.35. The molecule has 30 heavy (non-hydrogen) atoms. The Bertz CT molecular complexity index is 692. The number of likely N-dealkylation sites (tertiary alicyclic amines) is 1. The summed E-state index contributed by atoms with van der Waals surface area (Å²) >= 11 is 0. The Morgan fingerprint density at radius 3 is 2.70 bits per heavy atom. The van der Waals surface area contributed by atoms with Gasteiger partial charge in [0, 0.05) is 38.6 Å². The molecule has 2 aliphatic rings. The number of aryl methyl sites for hydroxylation is 1. The molecule has 6 nitrogen and oxygen atoms in total. The summed E-state index contributed by atoms with van der Waals surface area (Å²) in [5.74, 6) is 2.38. The van der Waals surface area contributed by atoms with Crippen LogP contribution in [0.25, 0.3) is 0 Å². The number of rotatable bonds is 7. The summed E-state index contributed by atoms with van der Waals surface area (Å²) in [4.78, 5) is 19.1. The molecule has 2 fully saturated rings. The van der Waals surface area contributed by atoms with E-state index in [-0.39, 0.29) is 35.9 Å². The highest BCUT2D eigenvalue weighted by molar-refractivity contribution is 14.0. The fourth-order valence-corrected chi connectivity index (χ4v) is 4.25. The molecule has 1 aliphatic carbocycles. The Hall–Kier alpha value is -1.51. The Labute approximate surface area is 198 Å². The first kappa shape index (κ1) is 24.8. The van der Waals surface area contributed by atoms with E-state index < -0.39 is 0 Å². The largest absolute Gasteiger partial charge is 0.493 e. The zero-order valence-corrected chi connectivity index (χ0v) is 20.7. The van der Waals surface area contributed by atoms with Gasteiger partial charge in [-0.25, -0.2) is 0 Å². The van der Waals surface area contributed by atoms with E-state index in [2.05, 4.69) is 33.5 Å². The standard InChI is InChI=1S/C23H36N4O2.HI/c1-18-9-6-7-12-21(18)29-16-8-14-25-23(24-2)26-20-13-15-27(17-20)22(28)19-10-4-3-5-11-19;/h6-7,9,12,19-20H,3-5,8,10-11,13-17H2,1-2H3,(H2,24,25,26);1H. The number of hydrogen-bond donors (Lipinski definition) is 2. The van der Waals surface area contributed by atoms with Gasteiger partial charge in [0.15, 0.2) is 5.96 Å². The Balaban J connectivity index is 0.00000320. The Morgan fingerprint density at radius 2 is 1.97 bits per heavy atom. The molecule has 168 valence electrons. The van der Waals surface area contributed by atoms with Crippen LogP contribution in [0.3, 0.4) is 0 Å². The van der Waals surface area contributed by atoms with Gasteiger partial charge in [-0.2, -0.15) is 0 Å². The summed E-state index contributed by atoms with van der Waals surface area (Å²) in [6.07, 6.45) is 7.71. The van der Waals surface area contributed by atoms with Gasteiger partial charge in [0.05, 0.1) is 6.61 Å². The molecule has 2 N–H and O–H groups in total. The smallest absolute Gasteiger partial charge is 0.225 e. The van der Waals surface area contributed by atoms with Crippen LogP contribution in [-0.4, -0.2) is 56.1 Å². The lowest BCUT2D eigenvalue weighted by Crippen LogP contribution is -2.46. The molecule has 0 aromatic heterocycles. The first-order chi connectivity index (χ1) is 14.2. The van der Waals surface area contributed by atoms with E-state index >= 15 is 0 Å². The van der Waals surface area contributed by atoms with E-state index in [4.69, 9.17) is 4.74 Å². The molecule has 1 atom stereocenters. The lowest BCUT2D eigenvalue weighted by molar-refractivity contribution is -0.135. The van der Waals surface area contributed by atoms with E-state index in [1.807, 2.05) is 18.2 Å². The van der Waals surface area contributed by atoms with Crippen LogP contribution >= 0.6 is 24.0 Å². The lowest BCUT2D eigenvalue weighted by Gasteiger charge is -2.26. The molecule has 7 heteroatoms. The number of nitrogens with zero attached hydrogens (tertiary/aromatic N) is 2. The normalized spacial score (nSPS) is 19.9. The number of nitrogens with one attached hydrogen (secondary N) is 2. The third-order valence-corrected chi connectivity index (χ3v) is 5.98. The molecule has 1 saturated heterocycles. The van der Waals surface area contributed by atoms with Crippen LogP contribution < -0.4 is 15.4 Å². The van der Waals surface area contributed by atoms with Crippen molar-refractivity contribution in [1.82, 2.24) is 15.5 Å². The van der Waals surface area contributed by atoms with Crippen LogP contribution in [-0.2, 0) is 4.79 Å². The second-order valence-corrected chi connectivity index (χ2v) is 8.22. The number of benzene rings is 1. The monoisotopic (exact) mass is 528 g/mol. The van der Waals surface area contributed by atoms with Gasteiger partial charge in [0.1, 0.15) is 5.75 Å². The number of ether oxygens (including phenoxy) is 1.